The van der Waals surface area contributed by atoms with Gasteiger partial charge in [-0.05, 0) is 31.5 Å². The maximum Gasteiger partial charge on any atom is 0.338 e. The van der Waals surface area contributed by atoms with Crippen molar-refractivity contribution in [2.45, 2.75) is 13.0 Å². The molecule has 0 aliphatic carbocycles. The summed E-state index contributed by atoms with van der Waals surface area (Å²) in [7, 11) is 2.12. The SMILES string of the molecule is CCOC(=O)C1=C(c2ccccc2)N=c2s/c(=C\c3ccc(N4CCN(C)CC4)o3)c(=O)n2C1c1cccs1. The van der Waals surface area contributed by atoms with Gasteiger partial charge < -0.3 is 19.0 Å². The number of hydrogen-bond acceptors (Lipinski definition) is 9. The molecule has 1 saturated heterocycles. The first-order chi connectivity index (χ1) is 19.0. The second-order valence-electron chi connectivity index (χ2n) is 9.41. The molecular weight excluding hydrogens is 532 g/mol. The molecule has 1 unspecified atom stereocenters. The number of benzene rings is 1. The monoisotopic (exact) mass is 560 g/mol. The molecule has 0 saturated carbocycles. The van der Waals surface area contributed by atoms with Crippen LogP contribution in [0, 0.1) is 0 Å². The number of nitrogens with zero attached hydrogens (tertiary/aromatic N) is 4. The Kier molecular flexibility index (Phi) is 7.07. The summed E-state index contributed by atoms with van der Waals surface area (Å²) in [4.78, 5) is 38.1. The molecular formula is C29H28N4O4S2. The lowest BCUT2D eigenvalue weighted by Crippen LogP contribution is -2.44. The first-order valence-electron chi connectivity index (χ1n) is 12.9. The van der Waals surface area contributed by atoms with E-state index in [9.17, 15) is 9.59 Å². The average Bonchev–Trinajstić information content (AvgIpc) is 3.71. The van der Waals surface area contributed by atoms with Gasteiger partial charge >= 0.3 is 5.97 Å². The van der Waals surface area contributed by atoms with Crippen LogP contribution in [-0.2, 0) is 9.53 Å². The molecule has 6 rings (SSSR count). The van der Waals surface area contributed by atoms with Gasteiger partial charge in [0.05, 0.1) is 22.4 Å². The molecule has 1 aromatic carbocycles. The highest BCUT2D eigenvalue weighted by Gasteiger charge is 2.35. The number of thiophene rings is 1. The summed E-state index contributed by atoms with van der Waals surface area (Å²) in [6.45, 7) is 5.74. The Hall–Kier alpha value is -3.73. The van der Waals surface area contributed by atoms with Crippen LogP contribution in [0.4, 0.5) is 5.88 Å². The van der Waals surface area contributed by atoms with E-state index in [0.29, 0.717) is 26.4 Å². The molecule has 1 atom stereocenters. The van der Waals surface area contributed by atoms with Crippen LogP contribution in [0.5, 0.6) is 0 Å². The summed E-state index contributed by atoms with van der Waals surface area (Å²) in [6, 6.07) is 16.6. The van der Waals surface area contributed by atoms with Gasteiger partial charge in [-0.3, -0.25) is 9.36 Å². The molecule has 39 heavy (non-hydrogen) atoms. The number of rotatable bonds is 6. The predicted octanol–water partition coefficient (Wildman–Crippen LogP) is 3.34. The minimum Gasteiger partial charge on any atom is -0.463 e. The van der Waals surface area contributed by atoms with E-state index in [0.717, 1.165) is 42.5 Å². The van der Waals surface area contributed by atoms with E-state index in [1.807, 2.05) is 60.0 Å². The summed E-state index contributed by atoms with van der Waals surface area (Å²) < 4.78 is 13.7. The maximum absolute atomic E-state index is 13.9. The number of esters is 1. The van der Waals surface area contributed by atoms with Crippen LogP contribution in [0.25, 0.3) is 11.8 Å². The summed E-state index contributed by atoms with van der Waals surface area (Å²) in [6.07, 6.45) is 1.77. The molecule has 5 heterocycles. The number of anilines is 1. The molecule has 0 amide bonds. The fraction of sp³-hybridized carbons (Fsp3) is 0.276. The van der Waals surface area contributed by atoms with Crippen LogP contribution in [-0.4, -0.2) is 55.3 Å². The molecule has 200 valence electrons. The van der Waals surface area contributed by atoms with Crippen molar-refractivity contribution >= 4 is 46.3 Å². The summed E-state index contributed by atoms with van der Waals surface area (Å²) in [5.41, 5.74) is 1.46. The van der Waals surface area contributed by atoms with Gasteiger partial charge in [-0.25, -0.2) is 9.79 Å². The number of fused-ring (bicyclic) bond motifs is 1. The normalized spacial score (nSPS) is 18.3. The minimum atomic E-state index is -0.643. The second kappa shape index (κ2) is 10.8. The molecule has 8 nitrogen and oxygen atoms in total. The number of hydrogen-bond donors (Lipinski definition) is 0. The Morgan fingerprint density at radius 3 is 2.62 bits per heavy atom. The van der Waals surface area contributed by atoms with Crippen LogP contribution in [0.3, 0.4) is 0 Å². The smallest absolute Gasteiger partial charge is 0.338 e. The van der Waals surface area contributed by atoms with Gasteiger partial charge in [-0.15, -0.1) is 11.3 Å². The number of thiazole rings is 1. The van der Waals surface area contributed by atoms with E-state index in [-0.39, 0.29) is 12.2 Å². The Balaban J connectivity index is 1.49. The van der Waals surface area contributed by atoms with Crippen molar-refractivity contribution in [2.24, 2.45) is 4.99 Å². The zero-order chi connectivity index (χ0) is 26.9. The number of likely N-dealkylation sites (N-methyl/N-ethyl adjacent to an activating group) is 1. The molecule has 2 aliphatic heterocycles. The van der Waals surface area contributed by atoms with Gasteiger partial charge in [0, 0.05) is 48.8 Å². The summed E-state index contributed by atoms with van der Waals surface area (Å²) in [5, 5.41) is 1.94. The number of furan rings is 1. The first-order valence-corrected chi connectivity index (χ1v) is 14.6. The highest BCUT2D eigenvalue weighted by Crippen LogP contribution is 2.36. The van der Waals surface area contributed by atoms with Gasteiger partial charge in [-0.2, -0.15) is 0 Å². The zero-order valence-corrected chi connectivity index (χ0v) is 23.3. The van der Waals surface area contributed by atoms with E-state index in [4.69, 9.17) is 14.1 Å². The van der Waals surface area contributed by atoms with E-state index >= 15 is 0 Å². The highest BCUT2D eigenvalue weighted by atomic mass is 32.1. The van der Waals surface area contributed by atoms with Gasteiger partial charge in [0.2, 0.25) is 0 Å². The Morgan fingerprint density at radius 1 is 1.10 bits per heavy atom. The fourth-order valence-corrected chi connectivity index (χ4v) is 6.71. The largest absolute Gasteiger partial charge is 0.463 e. The van der Waals surface area contributed by atoms with Crippen molar-refractivity contribution in [3.05, 3.63) is 101 Å². The van der Waals surface area contributed by atoms with Gasteiger partial charge in [-0.1, -0.05) is 47.7 Å². The molecule has 10 heteroatoms. The standard InChI is InChI=1S/C29H28N4O4S2/c1-3-36-28(35)24-25(19-8-5-4-6-9-19)30-29-33(26(24)21-10-7-17-38-21)27(34)22(39-29)18-20-11-12-23(37-20)32-15-13-31(2)14-16-32/h4-12,17-18,26H,3,13-16H2,1-2H3/b22-18-. The lowest BCUT2D eigenvalue weighted by molar-refractivity contribution is -0.138. The molecule has 0 radical (unpaired) electrons. The molecule has 2 aliphatic rings. The number of carbonyl (C=O) groups excluding carboxylic acids is 1. The highest BCUT2D eigenvalue weighted by molar-refractivity contribution is 7.10. The average molecular weight is 561 g/mol. The van der Waals surface area contributed by atoms with Crippen LogP contribution in [0.1, 0.15) is 29.2 Å². The summed E-state index contributed by atoms with van der Waals surface area (Å²) in [5.74, 6) is 0.931. The van der Waals surface area contributed by atoms with Gasteiger partial charge in [0.15, 0.2) is 10.7 Å². The van der Waals surface area contributed by atoms with Crippen molar-refractivity contribution in [3.8, 4) is 0 Å². The number of carbonyl (C=O) groups is 1. The zero-order valence-electron chi connectivity index (χ0n) is 21.7. The minimum absolute atomic E-state index is 0.219. The van der Waals surface area contributed by atoms with Crippen LogP contribution >= 0.6 is 22.7 Å². The van der Waals surface area contributed by atoms with E-state index in [2.05, 4.69) is 16.8 Å². The first kappa shape index (κ1) is 25.5. The van der Waals surface area contributed by atoms with Crippen molar-refractivity contribution < 1.29 is 13.9 Å². The number of aromatic nitrogens is 1. The van der Waals surface area contributed by atoms with Gasteiger partial charge in [0.25, 0.3) is 5.56 Å². The summed E-state index contributed by atoms with van der Waals surface area (Å²) >= 11 is 2.79. The third-order valence-corrected chi connectivity index (χ3v) is 8.79. The molecule has 3 aromatic heterocycles. The predicted molar refractivity (Wildman–Crippen MR) is 154 cm³/mol. The lowest BCUT2D eigenvalue weighted by atomic mass is 9.97. The van der Waals surface area contributed by atoms with E-state index in [1.54, 1.807) is 17.6 Å². The molecule has 0 spiro atoms. The second-order valence-corrected chi connectivity index (χ2v) is 11.4. The molecule has 0 bridgehead atoms. The van der Waals surface area contributed by atoms with Crippen molar-refractivity contribution in [3.63, 3.8) is 0 Å². The lowest BCUT2D eigenvalue weighted by Gasteiger charge is -2.32. The third kappa shape index (κ3) is 4.91. The third-order valence-electron chi connectivity index (χ3n) is 6.89. The Bertz CT molecular complexity index is 1690. The number of piperazine rings is 1. The van der Waals surface area contributed by atoms with E-state index in [1.165, 1.54) is 22.7 Å². The van der Waals surface area contributed by atoms with Crippen LogP contribution < -0.4 is 19.8 Å². The van der Waals surface area contributed by atoms with Crippen molar-refractivity contribution in [2.75, 3.05) is 44.7 Å². The van der Waals surface area contributed by atoms with Crippen LogP contribution in [0.2, 0.25) is 0 Å². The topological polar surface area (TPSA) is 80.3 Å². The molecule has 4 aromatic rings. The quantitative estimate of drug-likeness (QED) is 0.337. The maximum atomic E-state index is 13.9. The Morgan fingerprint density at radius 2 is 1.90 bits per heavy atom. The van der Waals surface area contributed by atoms with Crippen LogP contribution in [0.15, 0.2) is 79.8 Å². The van der Waals surface area contributed by atoms with Crippen molar-refractivity contribution in [1.29, 1.82) is 0 Å². The van der Waals surface area contributed by atoms with Crippen molar-refractivity contribution in [1.82, 2.24) is 9.47 Å². The fourth-order valence-electron chi connectivity index (χ4n) is 4.90. The number of ether oxygens (including phenoxy) is 1. The molecule has 0 N–H and O–H groups in total. The Labute approximate surface area is 233 Å². The van der Waals surface area contributed by atoms with E-state index < -0.39 is 12.0 Å². The molecule has 1 fully saturated rings. The van der Waals surface area contributed by atoms with Gasteiger partial charge in [0.1, 0.15) is 11.8 Å².